The van der Waals surface area contributed by atoms with E-state index in [1.807, 2.05) is 30.3 Å². The van der Waals surface area contributed by atoms with E-state index in [9.17, 15) is 0 Å². The first-order chi connectivity index (χ1) is 6.22. The number of nitrogens with zero attached hydrogens (tertiary/aromatic N) is 2. The van der Waals surface area contributed by atoms with Crippen molar-refractivity contribution in [2.45, 2.75) is 13.0 Å². The van der Waals surface area contributed by atoms with Crippen molar-refractivity contribution < 1.29 is 0 Å². The van der Waals surface area contributed by atoms with Gasteiger partial charge < -0.3 is 5.01 Å². The van der Waals surface area contributed by atoms with Crippen molar-refractivity contribution in [1.29, 1.82) is 5.26 Å². The Morgan fingerprint density at radius 3 is 3.00 bits per heavy atom. The highest BCUT2D eigenvalue weighted by Crippen LogP contribution is 2.31. The van der Waals surface area contributed by atoms with Gasteiger partial charge in [0.1, 0.15) is 0 Å². The molecule has 66 valence electrons. The number of benzene rings is 1. The zero-order chi connectivity index (χ0) is 9.42. The summed E-state index contributed by atoms with van der Waals surface area (Å²) in [5.74, 6) is 0. The number of hydrazine groups is 1. The monoisotopic (exact) mass is 173 g/mol. The van der Waals surface area contributed by atoms with Gasteiger partial charge in [0.15, 0.2) is 0 Å². The Kier molecular flexibility index (Phi) is 1.71. The summed E-state index contributed by atoms with van der Waals surface area (Å²) in [6.07, 6.45) is 0. The van der Waals surface area contributed by atoms with Gasteiger partial charge in [0.05, 0.1) is 23.4 Å². The topological polar surface area (TPSA) is 39.1 Å². The molecule has 1 aromatic carbocycles. The highest BCUT2D eigenvalue weighted by Gasteiger charge is 2.21. The maximum atomic E-state index is 8.73. The van der Waals surface area contributed by atoms with Crippen molar-refractivity contribution in [3.8, 4) is 6.07 Å². The molecule has 13 heavy (non-hydrogen) atoms. The summed E-state index contributed by atoms with van der Waals surface area (Å²) in [5.41, 5.74) is 6.32. The number of nitrogens with one attached hydrogen (secondary N) is 1. The molecule has 3 heteroatoms. The maximum absolute atomic E-state index is 8.73. The highest BCUT2D eigenvalue weighted by atomic mass is 15.5. The van der Waals surface area contributed by atoms with Gasteiger partial charge in [-0.05, 0) is 24.6 Å². The second-order valence-electron chi connectivity index (χ2n) is 3.30. The van der Waals surface area contributed by atoms with Crippen molar-refractivity contribution in [2.75, 3.05) is 12.1 Å². The molecule has 1 N–H and O–H groups in total. The van der Waals surface area contributed by atoms with Gasteiger partial charge in [0.2, 0.25) is 0 Å². The molecule has 3 nitrogen and oxygen atoms in total. The van der Waals surface area contributed by atoms with Crippen LogP contribution in [-0.2, 0) is 0 Å². The van der Waals surface area contributed by atoms with Crippen molar-refractivity contribution >= 4 is 5.69 Å². The highest BCUT2D eigenvalue weighted by molar-refractivity contribution is 5.60. The Morgan fingerprint density at radius 1 is 1.54 bits per heavy atom. The molecule has 0 spiro atoms. The molecule has 0 saturated carbocycles. The molecule has 1 aliphatic rings. The minimum Gasteiger partial charge on any atom is -0.311 e. The van der Waals surface area contributed by atoms with E-state index in [2.05, 4.69) is 18.4 Å². The molecule has 1 heterocycles. The summed E-state index contributed by atoms with van der Waals surface area (Å²) < 4.78 is 0. The number of hydrogen-bond donors (Lipinski definition) is 1. The zero-order valence-corrected chi connectivity index (χ0v) is 7.70. The van der Waals surface area contributed by atoms with Gasteiger partial charge in [0.25, 0.3) is 0 Å². The minimum atomic E-state index is 0.341. The molecular weight excluding hydrogens is 162 g/mol. The molecule has 0 bridgehead atoms. The second kappa shape index (κ2) is 2.75. The normalized spacial score (nSPS) is 19.8. The first kappa shape index (κ1) is 8.09. The Balaban J connectivity index is 2.53. The lowest BCUT2D eigenvalue weighted by atomic mass is 10.1. The molecule has 0 radical (unpaired) electrons. The minimum absolute atomic E-state index is 0.341. The van der Waals surface area contributed by atoms with E-state index in [4.69, 9.17) is 5.26 Å². The molecule has 0 aromatic heterocycles. The molecular formula is C10H11N3. The summed E-state index contributed by atoms with van der Waals surface area (Å²) in [7, 11) is 1.96. The van der Waals surface area contributed by atoms with Crippen molar-refractivity contribution in [3.63, 3.8) is 0 Å². The van der Waals surface area contributed by atoms with E-state index in [1.165, 1.54) is 5.56 Å². The van der Waals surface area contributed by atoms with Crippen LogP contribution < -0.4 is 10.4 Å². The van der Waals surface area contributed by atoms with Crippen LogP contribution in [0.25, 0.3) is 0 Å². The molecule has 2 rings (SSSR count). The van der Waals surface area contributed by atoms with Crippen LogP contribution in [0.3, 0.4) is 0 Å². The molecule has 0 aliphatic carbocycles. The van der Waals surface area contributed by atoms with Gasteiger partial charge in [-0.2, -0.15) is 5.26 Å². The fraction of sp³-hybridized carbons (Fsp3) is 0.300. The van der Waals surface area contributed by atoms with Gasteiger partial charge in [0, 0.05) is 7.05 Å². The SMILES string of the molecule is CC1NN(C)c2cc(C#N)ccc21. The Morgan fingerprint density at radius 2 is 2.31 bits per heavy atom. The van der Waals surface area contributed by atoms with Crippen LogP contribution in [0.1, 0.15) is 24.1 Å². The summed E-state index contributed by atoms with van der Waals surface area (Å²) in [4.78, 5) is 0. The van der Waals surface area contributed by atoms with E-state index < -0.39 is 0 Å². The number of nitriles is 1. The lowest BCUT2D eigenvalue weighted by Gasteiger charge is -2.12. The predicted molar refractivity (Wildman–Crippen MR) is 51.1 cm³/mol. The number of rotatable bonds is 0. The van der Waals surface area contributed by atoms with Crippen molar-refractivity contribution in [3.05, 3.63) is 29.3 Å². The predicted octanol–water partition coefficient (Wildman–Crippen LogP) is 1.57. The van der Waals surface area contributed by atoms with E-state index in [0.29, 0.717) is 11.6 Å². The molecule has 0 fully saturated rings. The lowest BCUT2D eigenvalue weighted by molar-refractivity contribution is 0.616. The van der Waals surface area contributed by atoms with E-state index >= 15 is 0 Å². The van der Waals surface area contributed by atoms with Crippen molar-refractivity contribution in [1.82, 2.24) is 5.43 Å². The molecule has 1 aliphatic heterocycles. The summed E-state index contributed by atoms with van der Waals surface area (Å²) in [6.45, 7) is 2.11. The van der Waals surface area contributed by atoms with Crippen LogP contribution in [-0.4, -0.2) is 7.05 Å². The third kappa shape index (κ3) is 1.16. The van der Waals surface area contributed by atoms with E-state index in [-0.39, 0.29) is 0 Å². The number of anilines is 1. The smallest absolute Gasteiger partial charge is 0.0992 e. The quantitative estimate of drug-likeness (QED) is 0.647. The summed E-state index contributed by atoms with van der Waals surface area (Å²) in [5, 5.41) is 10.7. The van der Waals surface area contributed by atoms with Crippen LogP contribution in [0.5, 0.6) is 0 Å². The second-order valence-corrected chi connectivity index (χ2v) is 3.30. The molecule has 1 atom stereocenters. The first-order valence-electron chi connectivity index (χ1n) is 4.26. The molecule has 1 aromatic rings. The van der Waals surface area contributed by atoms with Crippen LogP contribution in [0.15, 0.2) is 18.2 Å². The fourth-order valence-electron chi connectivity index (χ4n) is 1.70. The Bertz CT molecular complexity index is 378. The first-order valence-corrected chi connectivity index (χ1v) is 4.26. The molecule has 0 saturated heterocycles. The molecule has 0 amide bonds. The van der Waals surface area contributed by atoms with Crippen molar-refractivity contribution in [2.24, 2.45) is 0 Å². The van der Waals surface area contributed by atoms with Gasteiger partial charge in [-0.3, -0.25) is 0 Å². The average molecular weight is 173 g/mol. The Hall–Kier alpha value is -1.53. The summed E-state index contributed by atoms with van der Waals surface area (Å²) in [6, 6.07) is 8.25. The van der Waals surface area contributed by atoms with E-state index in [0.717, 1.165) is 5.69 Å². The Labute approximate surface area is 77.6 Å². The lowest BCUT2D eigenvalue weighted by Crippen LogP contribution is -2.28. The van der Waals surface area contributed by atoms with E-state index in [1.54, 1.807) is 0 Å². The largest absolute Gasteiger partial charge is 0.311 e. The average Bonchev–Trinajstić information content (AvgIpc) is 2.42. The van der Waals surface area contributed by atoms with Crippen LogP contribution >= 0.6 is 0 Å². The summed E-state index contributed by atoms with van der Waals surface area (Å²) >= 11 is 0. The van der Waals surface area contributed by atoms with Gasteiger partial charge in [-0.1, -0.05) is 6.07 Å². The van der Waals surface area contributed by atoms with Gasteiger partial charge in [-0.25, -0.2) is 5.43 Å². The van der Waals surface area contributed by atoms with Crippen LogP contribution in [0.4, 0.5) is 5.69 Å². The number of hydrogen-bond acceptors (Lipinski definition) is 3. The van der Waals surface area contributed by atoms with Gasteiger partial charge in [-0.15, -0.1) is 0 Å². The number of fused-ring (bicyclic) bond motifs is 1. The third-order valence-corrected chi connectivity index (χ3v) is 2.37. The zero-order valence-electron chi connectivity index (χ0n) is 7.70. The van der Waals surface area contributed by atoms with Gasteiger partial charge >= 0.3 is 0 Å². The third-order valence-electron chi connectivity index (χ3n) is 2.37. The maximum Gasteiger partial charge on any atom is 0.0992 e. The standard InChI is InChI=1S/C10H11N3/c1-7-9-4-3-8(6-11)5-10(9)13(2)12-7/h3-5,7,12H,1-2H3. The fourth-order valence-corrected chi connectivity index (χ4v) is 1.70. The molecule has 1 unspecified atom stereocenters. The van der Waals surface area contributed by atoms with Crippen LogP contribution in [0.2, 0.25) is 0 Å². The van der Waals surface area contributed by atoms with Crippen LogP contribution in [0, 0.1) is 11.3 Å².